The standard InChI is InChI=1S/C42H66O6/c1-13-39(5,6)33-21-29(22-34(40(7,8)14-2)37(33)45-19-17-43-25-31-27-47-31)30-23-35(41(9,10)15-3)38(36(24-30)42(11,12)16-4)46-20-18-44-26-32-28-48-32/h21-24,31-32H,13-20,25-28H2,1-12H3. The molecule has 0 bridgehead atoms. The van der Waals surface area contributed by atoms with Gasteiger partial charge in [-0.25, -0.2) is 0 Å². The maximum atomic E-state index is 6.72. The molecule has 2 aliphatic heterocycles. The Morgan fingerprint density at radius 3 is 1.00 bits per heavy atom. The van der Waals surface area contributed by atoms with Crippen molar-refractivity contribution in [1.82, 2.24) is 0 Å². The molecule has 4 rings (SSSR count). The van der Waals surface area contributed by atoms with Crippen LogP contribution in [0.5, 0.6) is 11.5 Å². The Morgan fingerprint density at radius 1 is 0.500 bits per heavy atom. The quantitative estimate of drug-likeness (QED) is 0.0977. The highest BCUT2D eigenvalue weighted by molar-refractivity contribution is 5.73. The molecule has 2 unspecified atom stereocenters. The summed E-state index contributed by atoms with van der Waals surface area (Å²) in [5.41, 5.74) is 7.16. The van der Waals surface area contributed by atoms with E-state index in [9.17, 15) is 0 Å². The van der Waals surface area contributed by atoms with Crippen LogP contribution in [0, 0.1) is 0 Å². The highest BCUT2D eigenvalue weighted by atomic mass is 16.6. The molecule has 2 saturated heterocycles. The van der Waals surface area contributed by atoms with Gasteiger partial charge in [0.15, 0.2) is 0 Å². The van der Waals surface area contributed by atoms with Crippen LogP contribution in [0.3, 0.4) is 0 Å². The molecule has 2 aliphatic rings. The van der Waals surface area contributed by atoms with E-state index in [1.54, 1.807) is 0 Å². The molecule has 6 heteroatoms. The summed E-state index contributed by atoms with van der Waals surface area (Å²) in [4.78, 5) is 0. The molecule has 48 heavy (non-hydrogen) atoms. The molecule has 2 aromatic rings. The first kappa shape index (κ1) is 38.7. The lowest BCUT2D eigenvalue weighted by Gasteiger charge is -2.35. The topological polar surface area (TPSA) is 62.0 Å². The predicted molar refractivity (Wildman–Crippen MR) is 197 cm³/mol. The first-order chi connectivity index (χ1) is 22.6. The normalized spacial score (nSPS) is 18.2. The van der Waals surface area contributed by atoms with Crippen LogP contribution < -0.4 is 9.47 Å². The van der Waals surface area contributed by atoms with E-state index in [-0.39, 0.29) is 33.9 Å². The van der Waals surface area contributed by atoms with E-state index < -0.39 is 0 Å². The number of hydrogen-bond donors (Lipinski definition) is 0. The highest BCUT2D eigenvalue weighted by Crippen LogP contribution is 2.48. The van der Waals surface area contributed by atoms with Gasteiger partial charge < -0.3 is 28.4 Å². The molecular formula is C42H66O6. The fourth-order valence-corrected chi connectivity index (χ4v) is 5.84. The van der Waals surface area contributed by atoms with Gasteiger partial charge in [0.05, 0.1) is 39.6 Å². The van der Waals surface area contributed by atoms with Crippen molar-refractivity contribution in [3.05, 3.63) is 46.5 Å². The van der Waals surface area contributed by atoms with Crippen molar-refractivity contribution in [2.75, 3.05) is 52.9 Å². The van der Waals surface area contributed by atoms with Crippen LogP contribution in [-0.4, -0.2) is 65.1 Å². The summed E-state index contributed by atoms with van der Waals surface area (Å²) in [5, 5.41) is 0. The third kappa shape index (κ3) is 9.56. The highest BCUT2D eigenvalue weighted by Gasteiger charge is 2.34. The molecule has 2 fully saturated rings. The summed E-state index contributed by atoms with van der Waals surface area (Å²) in [6, 6.07) is 9.62. The molecular weight excluding hydrogens is 600 g/mol. The van der Waals surface area contributed by atoms with Gasteiger partial charge in [-0.1, -0.05) is 83.1 Å². The van der Waals surface area contributed by atoms with Gasteiger partial charge in [0.2, 0.25) is 0 Å². The van der Waals surface area contributed by atoms with Crippen molar-refractivity contribution >= 4 is 0 Å². The fourth-order valence-electron chi connectivity index (χ4n) is 5.84. The van der Waals surface area contributed by atoms with E-state index in [2.05, 4.69) is 107 Å². The molecule has 2 heterocycles. The summed E-state index contributed by atoms with van der Waals surface area (Å²) >= 11 is 0. The molecule has 0 N–H and O–H groups in total. The van der Waals surface area contributed by atoms with Gasteiger partial charge >= 0.3 is 0 Å². The summed E-state index contributed by atoms with van der Waals surface area (Å²) in [6.45, 7) is 32.8. The molecule has 0 saturated carbocycles. The first-order valence-corrected chi connectivity index (χ1v) is 18.6. The number of benzene rings is 2. The van der Waals surface area contributed by atoms with Crippen molar-refractivity contribution in [1.29, 1.82) is 0 Å². The third-order valence-electron chi connectivity index (χ3n) is 11.3. The maximum absolute atomic E-state index is 6.72. The van der Waals surface area contributed by atoms with Gasteiger partial charge in [0.1, 0.15) is 36.9 Å². The number of ether oxygens (including phenoxy) is 6. The first-order valence-electron chi connectivity index (χ1n) is 18.6. The Bertz CT molecular complexity index is 1170. The molecule has 0 amide bonds. The predicted octanol–water partition coefficient (Wildman–Crippen LogP) is 9.69. The second-order valence-corrected chi connectivity index (χ2v) is 16.5. The maximum Gasteiger partial charge on any atom is 0.126 e. The molecule has 0 aliphatic carbocycles. The lowest BCUT2D eigenvalue weighted by atomic mass is 9.72. The average molecular weight is 667 g/mol. The van der Waals surface area contributed by atoms with Gasteiger partial charge in [-0.3, -0.25) is 0 Å². The van der Waals surface area contributed by atoms with Crippen molar-refractivity contribution in [3.63, 3.8) is 0 Å². The summed E-state index contributed by atoms with van der Waals surface area (Å²) in [7, 11) is 0. The van der Waals surface area contributed by atoms with E-state index in [4.69, 9.17) is 28.4 Å². The Hall–Kier alpha value is -2.12. The molecule has 2 aromatic carbocycles. The SMILES string of the molecule is CCC(C)(C)c1cc(-c2cc(C(C)(C)CC)c(OCCOCC3CO3)c(C(C)(C)CC)c2)cc(C(C)(C)CC)c1OCCOCC1CO1. The number of epoxide rings is 2. The van der Waals surface area contributed by atoms with E-state index >= 15 is 0 Å². The molecule has 0 spiro atoms. The monoisotopic (exact) mass is 666 g/mol. The second kappa shape index (κ2) is 15.8. The third-order valence-corrected chi connectivity index (χ3v) is 11.3. The minimum Gasteiger partial charge on any atom is -0.491 e. The van der Waals surface area contributed by atoms with E-state index in [1.165, 1.54) is 33.4 Å². The van der Waals surface area contributed by atoms with Gasteiger partial charge in [-0.2, -0.15) is 0 Å². The van der Waals surface area contributed by atoms with Gasteiger partial charge in [-0.15, -0.1) is 0 Å². The largest absolute Gasteiger partial charge is 0.491 e. The Morgan fingerprint density at radius 2 is 0.771 bits per heavy atom. The molecule has 270 valence electrons. The zero-order valence-electron chi connectivity index (χ0n) is 32.4. The lowest BCUT2D eigenvalue weighted by Crippen LogP contribution is -2.25. The molecule has 0 radical (unpaired) electrons. The fraction of sp³-hybridized carbons (Fsp3) is 0.714. The van der Waals surface area contributed by atoms with Crippen molar-refractivity contribution in [3.8, 4) is 22.6 Å². The zero-order chi connectivity index (χ0) is 35.3. The van der Waals surface area contributed by atoms with E-state index in [1.807, 2.05) is 0 Å². The van der Waals surface area contributed by atoms with Gasteiger partial charge in [-0.05, 0) is 82.7 Å². The van der Waals surface area contributed by atoms with Gasteiger partial charge in [0, 0.05) is 22.3 Å². The molecule has 2 atom stereocenters. The van der Waals surface area contributed by atoms with Gasteiger partial charge in [0.25, 0.3) is 0 Å². The zero-order valence-corrected chi connectivity index (χ0v) is 32.4. The minimum atomic E-state index is -0.0851. The molecule has 0 aromatic heterocycles. The Labute approximate surface area is 292 Å². The minimum absolute atomic E-state index is 0.0851. The van der Waals surface area contributed by atoms with Crippen LogP contribution in [0.25, 0.3) is 11.1 Å². The van der Waals surface area contributed by atoms with Crippen LogP contribution in [-0.2, 0) is 40.6 Å². The van der Waals surface area contributed by atoms with Crippen LogP contribution in [0.4, 0.5) is 0 Å². The summed E-state index contributed by atoms with van der Waals surface area (Å²) in [5.74, 6) is 2.03. The Balaban J connectivity index is 1.86. The molecule has 6 nitrogen and oxygen atoms in total. The summed E-state index contributed by atoms with van der Waals surface area (Å²) in [6.07, 6.45) is 4.50. The van der Waals surface area contributed by atoms with Crippen molar-refractivity contribution in [2.45, 2.75) is 143 Å². The second-order valence-electron chi connectivity index (χ2n) is 16.5. The lowest BCUT2D eigenvalue weighted by molar-refractivity contribution is 0.0865. The number of hydrogen-bond acceptors (Lipinski definition) is 6. The van der Waals surface area contributed by atoms with Crippen LogP contribution in [0.1, 0.15) is 131 Å². The van der Waals surface area contributed by atoms with E-state index in [0.29, 0.717) is 39.6 Å². The number of rotatable bonds is 21. The van der Waals surface area contributed by atoms with E-state index in [0.717, 1.165) is 50.4 Å². The Kier molecular flexibility index (Phi) is 12.8. The average Bonchev–Trinajstić information content (AvgIpc) is 4.00. The smallest absolute Gasteiger partial charge is 0.126 e. The summed E-state index contributed by atoms with van der Waals surface area (Å²) < 4.78 is 35.8. The van der Waals surface area contributed by atoms with Crippen LogP contribution in [0.2, 0.25) is 0 Å². The van der Waals surface area contributed by atoms with Crippen molar-refractivity contribution in [2.24, 2.45) is 0 Å². The van der Waals surface area contributed by atoms with Crippen molar-refractivity contribution < 1.29 is 28.4 Å². The van der Waals surface area contributed by atoms with Crippen LogP contribution >= 0.6 is 0 Å². The van der Waals surface area contributed by atoms with Crippen LogP contribution in [0.15, 0.2) is 24.3 Å².